The molecule has 15 heavy (non-hydrogen) atoms. The second-order valence-electron chi connectivity index (χ2n) is 3.92. The molecular formula is C11H15N3O. The van der Waals surface area contributed by atoms with E-state index in [-0.39, 0.29) is 0 Å². The minimum absolute atomic E-state index is 0.445. The van der Waals surface area contributed by atoms with Crippen LogP contribution in [0.1, 0.15) is 30.0 Å². The molecule has 0 aliphatic carbocycles. The molecule has 0 amide bonds. The first-order chi connectivity index (χ1) is 7.31. The van der Waals surface area contributed by atoms with Crippen molar-refractivity contribution in [2.45, 2.75) is 25.3 Å². The van der Waals surface area contributed by atoms with Gasteiger partial charge < -0.3 is 9.58 Å². The molecular weight excluding hydrogens is 190 g/mol. The number of hydrogen-bond acceptors (Lipinski definition) is 2. The van der Waals surface area contributed by atoms with E-state index in [1.165, 1.54) is 0 Å². The van der Waals surface area contributed by atoms with Crippen molar-refractivity contribution in [3.05, 3.63) is 28.9 Å². The van der Waals surface area contributed by atoms with Gasteiger partial charge in [0.1, 0.15) is 0 Å². The highest BCUT2D eigenvalue weighted by molar-refractivity contribution is 5.22. The second-order valence-corrected chi connectivity index (χ2v) is 3.92. The molecule has 2 heterocycles. The summed E-state index contributed by atoms with van der Waals surface area (Å²) in [5.74, 6) is 0.483. The maximum atomic E-state index is 6.92. The van der Waals surface area contributed by atoms with Crippen molar-refractivity contribution < 1.29 is 4.74 Å². The van der Waals surface area contributed by atoms with Crippen molar-refractivity contribution in [1.29, 1.82) is 0 Å². The smallest absolute Gasteiger partial charge is 0.243 e. The van der Waals surface area contributed by atoms with Crippen LogP contribution in [0.3, 0.4) is 0 Å². The van der Waals surface area contributed by atoms with Gasteiger partial charge in [0.2, 0.25) is 6.54 Å². The van der Waals surface area contributed by atoms with Gasteiger partial charge in [-0.2, -0.15) is 5.10 Å². The number of rotatable bonds is 2. The third-order valence-electron chi connectivity index (χ3n) is 2.79. The Kier molecular flexibility index (Phi) is 3.02. The van der Waals surface area contributed by atoms with E-state index in [1.54, 1.807) is 0 Å². The van der Waals surface area contributed by atoms with E-state index >= 15 is 0 Å². The van der Waals surface area contributed by atoms with Crippen molar-refractivity contribution in [2.75, 3.05) is 13.2 Å². The van der Waals surface area contributed by atoms with Gasteiger partial charge in [-0.1, -0.05) is 0 Å². The molecule has 0 atom stereocenters. The minimum Gasteiger partial charge on any atom is -0.381 e. The third kappa shape index (κ3) is 2.18. The molecule has 0 spiro atoms. The Hall–Kier alpha value is -1.34. The maximum absolute atomic E-state index is 6.92. The van der Waals surface area contributed by atoms with Gasteiger partial charge in [-0.25, -0.2) is 6.57 Å². The van der Waals surface area contributed by atoms with Crippen LogP contribution in [0, 0.1) is 6.57 Å². The van der Waals surface area contributed by atoms with Crippen LogP contribution in [0.2, 0.25) is 0 Å². The zero-order valence-electron chi connectivity index (χ0n) is 8.94. The number of nitrogens with zero attached hydrogens (tertiary/aromatic N) is 3. The van der Waals surface area contributed by atoms with Gasteiger partial charge in [0.25, 0.3) is 0 Å². The molecule has 1 aliphatic heterocycles. The summed E-state index contributed by atoms with van der Waals surface area (Å²) in [4.78, 5) is 3.44. The summed E-state index contributed by atoms with van der Waals surface area (Å²) in [6, 6.07) is 0. The van der Waals surface area contributed by atoms with Gasteiger partial charge in [-0.3, -0.25) is 4.68 Å². The third-order valence-corrected chi connectivity index (χ3v) is 2.79. The normalized spacial score (nSPS) is 17.6. The van der Waals surface area contributed by atoms with Crippen molar-refractivity contribution in [1.82, 2.24) is 9.78 Å². The van der Waals surface area contributed by atoms with E-state index in [4.69, 9.17) is 11.3 Å². The maximum Gasteiger partial charge on any atom is 0.243 e. The fraction of sp³-hybridized carbons (Fsp3) is 0.636. The Morgan fingerprint density at radius 1 is 1.60 bits per heavy atom. The molecule has 0 N–H and O–H groups in total. The molecule has 0 bridgehead atoms. The Bertz CT molecular complexity index is 372. The zero-order valence-corrected chi connectivity index (χ0v) is 8.94. The van der Waals surface area contributed by atoms with E-state index < -0.39 is 0 Å². The first-order valence-electron chi connectivity index (χ1n) is 5.24. The molecule has 1 aromatic heterocycles. The van der Waals surface area contributed by atoms with Crippen molar-refractivity contribution in [3.8, 4) is 0 Å². The molecule has 2 rings (SSSR count). The molecule has 4 heteroatoms. The highest BCUT2D eigenvalue weighted by Crippen LogP contribution is 2.28. The van der Waals surface area contributed by atoms with Gasteiger partial charge in [0.05, 0.1) is 11.3 Å². The summed E-state index contributed by atoms with van der Waals surface area (Å²) in [7, 11) is 1.91. The SMILES string of the molecule is [C-]#[N+]Cc1cn(C)nc1C1CCOCC1. The molecule has 0 unspecified atom stereocenters. The lowest BCUT2D eigenvalue weighted by Gasteiger charge is -2.20. The topological polar surface area (TPSA) is 31.4 Å². The van der Waals surface area contributed by atoms with Crippen LogP contribution < -0.4 is 0 Å². The molecule has 80 valence electrons. The first kappa shape index (κ1) is 10.2. The average Bonchev–Trinajstić information content (AvgIpc) is 2.62. The lowest BCUT2D eigenvalue weighted by molar-refractivity contribution is 0.0842. The van der Waals surface area contributed by atoms with Gasteiger partial charge >= 0.3 is 0 Å². The Balaban J connectivity index is 2.21. The summed E-state index contributed by atoms with van der Waals surface area (Å²) in [5, 5.41) is 4.47. The molecule has 0 aromatic carbocycles. The zero-order chi connectivity index (χ0) is 10.7. The van der Waals surface area contributed by atoms with Gasteiger partial charge in [-0.15, -0.1) is 0 Å². The summed E-state index contributed by atoms with van der Waals surface area (Å²) in [6.45, 7) is 9.00. The summed E-state index contributed by atoms with van der Waals surface area (Å²) < 4.78 is 7.14. The number of hydrogen-bond donors (Lipinski definition) is 0. The standard InChI is InChI=1S/C11H15N3O/c1-12-7-10-8-14(2)13-11(10)9-3-5-15-6-4-9/h8-9H,3-7H2,2H3. The number of ether oxygens (including phenoxy) is 1. The van der Waals surface area contributed by atoms with Crippen LogP contribution in [0.25, 0.3) is 4.85 Å². The highest BCUT2D eigenvalue weighted by atomic mass is 16.5. The Labute approximate surface area is 89.7 Å². The molecule has 1 saturated heterocycles. The molecule has 1 fully saturated rings. The van der Waals surface area contributed by atoms with Crippen molar-refractivity contribution >= 4 is 0 Å². The van der Waals surface area contributed by atoms with Crippen molar-refractivity contribution in [3.63, 3.8) is 0 Å². The Morgan fingerprint density at radius 2 is 2.33 bits per heavy atom. The monoisotopic (exact) mass is 205 g/mol. The van der Waals surface area contributed by atoms with Crippen LogP contribution in [0.15, 0.2) is 6.20 Å². The lowest BCUT2D eigenvalue weighted by Crippen LogP contribution is -2.15. The summed E-state index contributed by atoms with van der Waals surface area (Å²) in [5.41, 5.74) is 2.19. The average molecular weight is 205 g/mol. The van der Waals surface area contributed by atoms with E-state index in [0.717, 1.165) is 37.3 Å². The van der Waals surface area contributed by atoms with E-state index in [2.05, 4.69) is 9.94 Å². The van der Waals surface area contributed by atoms with E-state index in [0.29, 0.717) is 12.5 Å². The quantitative estimate of drug-likeness (QED) is 0.689. The molecule has 4 nitrogen and oxygen atoms in total. The minimum atomic E-state index is 0.445. The predicted molar refractivity (Wildman–Crippen MR) is 56.3 cm³/mol. The van der Waals surface area contributed by atoms with E-state index in [1.807, 2.05) is 17.9 Å². The fourth-order valence-corrected chi connectivity index (χ4v) is 2.08. The molecule has 1 aliphatic rings. The van der Waals surface area contributed by atoms with Crippen molar-refractivity contribution in [2.24, 2.45) is 7.05 Å². The summed E-state index contributed by atoms with van der Waals surface area (Å²) in [6.07, 6.45) is 4.02. The number of aromatic nitrogens is 2. The van der Waals surface area contributed by atoms with Crippen LogP contribution in [0.5, 0.6) is 0 Å². The summed E-state index contributed by atoms with van der Waals surface area (Å²) >= 11 is 0. The van der Waals surface area contributed by atoms with Gasteiger partial charge in [0.15, 0.2) is 0 Å². The Morgan fingerprint density at radius 3 is 3.00 bits per heavy atom. The van der Waals surface area contributed by atoms with E-state index in [9.17, 15) is 0 Å². The van der Waals surface area contributed by atoms with Crippen LogP contribution in [0.4, 0.5) is 0 Å². The van der Waals surface area contributed by atoms with Gasteiger partial charge in [0, 0.05) is 32.4 Å². The largest absolute Gasteiger partial charge is 0.381 e. The highest BCUT2D eigenvalue weighted by Gasteiger charge is 2.22. The predicted octanol–water partition coefficient (Wildman–Crippen LogP) is 1.73. The van der Waals surface area contributed by atoms with Crippen LogP contribution in [-0.2, 0) is 18.3 Å². The molecule has 0 radical (unpaired) electrons. The molecule has 1 aromatic rings. The van der Waals surface area contributed by atoms with Gasteiger partial charge in [-0.05, 0) is 12.8 Å². The first-order valence-corrected chi connectivity index (χ1v) is 5.24. The number of aryl methyl sites for hydroxylation is 1. The lowest BCUT2D eigenvalue weighted by atomic mass is 9.94. The second kappa shape index (κ2) is 4.45. The molecule has 0 saturated carbocycles. The fourth-order valence-electron chi connectivity index (χ4n) is 2.08. The van der Waals surface area contributed by atoms with Crippen LogP contribution in [-0.4, -0.2) is 23.0 Å². The van der Waals surface area contributed by atoms with Crippen LogP contribution >= 0.6 is 0 Å².